The van der Waals surface area contributed by atoms with Crippen molar-refractivity contribution < 1.29 is 9.32 Å². The molecule has 0 saturated heterocycles. The maximum atomic E-state index is 11.4. The molecule has 130 valence electrons. The number of hydrogen-bond acceptors (Lipinski definition) is 4. The van der Waals surface area contributed by atoms with Crippen LogP contribution in [0.3, 0.4) is 0 Å². The lowest BCUT2D eigenvalue weighted by atomic mass is 9.99. The Kier molecular flexibility index (Phi) is 4.04. The van der Waals surface area contributed by atoms with Crippen molar-refractivity contribution in [2.75, 3.05) is 0 Å². The Bertz CT molecular complexity index is 937. The molecule has 1 saturated carbocycles. The number of rotatable bonds is 6. The lowest BCUT2D eigenvalue weighted by Gasteiger charge is -2.07. The van der Waals surface area contributed by atoms with Crippen LogP contribution >= 0.6 is 23.4 Å². The molecule has 1 aromatic carbocycles. The molecule has 25 heavy (non-hydrogen) atoms. The monoisotopic (exact) mass is 375 g/mol. The highest BCUT2D eigenvalue weighted by atomic mass is 35.5. The van der Waals surface area contributed by atoms with Gasteiger partial charge in [0.25, 0.3) is 0 Å². The molecule has 5 nitrogen and oxygen atoms in total. The summed E-state index contributed by atoms with van der Waals surface area (Å²) >= 11 is 8.05. The van der Waals surface area contributed by atoms with Crippen molar-refractivity contribution in [1.82, 2.24) is 10.1 Å². The molecule has 1 aliphatic rings. The van der Waals surface area contributed by atoms with Gasteiger partial charge in [-0.25, -0.2) is 0 Å². The number of carbonyl (C=O) groups excluding carboxylic acids is 1. The zero-order chi connectivity index (χ0) is 17.6. The molecule has 4 rings (SSSR count). The first-order valence-electron chi connectivity index (χ1n) is 8.07. The lowest BCUT2D eigenvalue weighted by molar-refractivity contribution is -0.119. The van der Waals surface area contributed by atoms with Crippen LogP contribution in [0.1, 0.15) is 24.7 Å². The fourth-order valence-electron chi connectivity index (χ4n) is 3.34. The SMILES string of the molecule is CC1(Cc2cc3cc(Cl)c(SCc4ccon4)cc3[nH]2)CC1C(N)=O. The molecule has 2 unspecified atom stereocenters. The van der Waals surface area contributed by atoms with E-state index in [2.05, 4.69) is 29.2 Å². The minimum Gasteiger partial charge on any atom is -0.369 e. The normalized spacial score (nSPS) is 22.4. The van der Waals surface area contributed by atoms with Crippen LogP contribution in [0.2, 0.25) is 5.02 Å². The number of H-pyrrole nitrogens is 1. The average Bonchev–Trinajstić information content (AvgIpc) is 2.92. The van der Waals surface area contributed by atoms with Crippen molar-refractivity contribution in [3.63, 3.8) is 0 Å². The molecular weight excluding hydrogens is 358 g/mol. The summed E-state index contributed by atoms with van der Waals surface area (Å²) in [7, 11) is 0. The average molecular weight is 376 g/mol. The van der Waals surface area contributed by atoms with Crippen molar-refractivity contribution in [2.45, 2.75) is 30.4 Å². The van der Waals surface area contributed by atoms with E-state index in [0.717, 1.165) is 45.1 Å². The second kappa shape index (κ2) is 6.11. The van der Waals surface area contributed by atoms with Crippen molar-refractivity contribution in [2.24, 2.45) is 17.1 Å². The molecule has 0 spiro atoms. The summed E-state index contributed by atoms with van der Waals surface area (Å²) in [5.41, 5.74) is 8.44. The number of carbonyl (C=O) groups is 1. The number of hydrogen-bond donors (Lipinski definition) is 2. The lowest BCUT2D eigenvalue weighted by Crippen LogP contribution is -2.18. The van der Waals surface area contributed by atoms with Crippen molar-refractivity contribution in [3.05, 3.63) is 46.9 Å². The number of benzene rings is 1. The first-order chi connectivity index (χ1) is 11.9. The van der Waals surface area contributed by atoms with Crippen LogP contribution in [0.4, 0.5) is 0 Å². The maximum absolute atomic E-state index is 11.4. The number of nitrogens with two attached hydrogens (primary N) is 1. The van der Waals surface area contributed by atoms with Gasteiger partial charge in [-0.3, -0.25) is 4.79 Å². The van der Waals surface area contributed by atoms with Crippen LogP contribution in [0.15, 0.2) is 39.9 Å². The molecule has 2 atom stereocenters. The fraction of sp³-hybridized carbons (Fsp3) is 0.333. The summed E-state index contributed by atoms with van der Waals surface area (Å²) in [4.78, 5) is 15.8. The van der Waals surface area contributed by atoms with Crippen LogP contribution in [-0.2, 0) is 17.0 Å². The van der Waals surface area contributed by atoms with Gasteiger partial charge < -0.3 is 15.2 Å². The molecule has 0 radical (unpaired) electrons. The Hall–Kier alpha value is -1.92. The summed E-state index contributed by atoms with van der Waals surface area (Å²) in [6, 6.07) is 7.99. The molecule has 0 aliphatic heterocycles. The van der Waals surface area contributed by atoms with E-state index in [0.29, 0.717) is 5.75 Å². The van der Waals surface area contributed by atoms with Gasteiger partial charge in [-0.15, -0.1) is 11.8 Å². The summed E-state index contributed by atoms with van der Waals surface area (Å²) in [6.45, 7) is 2.11. The van der Waals surface area contributed by atoms with Crippen molar-refractivity contribution in [3.8, 4) is 0 Å². The van der Waals surface area contributed by atoms with E-state index in [9.17, 15) is 4.79 Å². The molecule has 1 aliphatic carbocycles. The number of aromatic amines is 1. The summed E-state index contributed by atoms with van der Waals surface area (Å²) in [5.74, 6) is 0.484. The van der Waals surface area contributed by atoms with Crippen LogP contribution < -0.4 is 5.73 Å². The number of thioether (sulfide) groups is 1. The number of fused-ring (bicyclic) bond motifs is 1. The maximum Gasteiger partial charge on any atom is 0.221 e. The number of nitrogens with zero attached hydrogens (tertiary/aromatic N) is 1. The van der Waals surface area contributed by atoms with Gasteiger partial charge in [-0.2, -0.15) is 0 Å². The Morgan fingerprint density at radius 2 is 2.36 bits per heavy atom. The minimum absolute atomic E-state index is 0.0175. The van der Waals surface area contributed by atoms with Gasteiger partial charge >= 0.3 is 0 Å². The van der Waals surface area contributed by atoms with Gasteiger partial charge in [0, 0.05) is 39.2 Å². The van der Waals surface area contributed by atoms with E-state index in [1.165, 1.54) is 0 Å². The predicted molar refractivity (Wildman–Crippen MR) is 98.5 cm³/mol. The van der Waals surface area contributed by atoms with E-state index >= 15 is 0 Å². The summed E-state index contributed by atoms with van der Waals surface area (Å²) in [5, 5.41) is 5.71. The minimum atomic E-state index is -0.201. The van der Waals surface area contributed by atoms with Crippen LogP contribution in [0, 0.1) is 11.3 Å². The van der Waals surface area contributed by atoms with Gasteiger partial charge in [-0.1, -0.05) is 23.7 Å². The van der Waals surface area contributed by atoms with Gasteiger partial charge in [0.05, 0.1) is 10.7 Å². The first kappa shape index (κ1) is 16.5. The van der Waals surface area contributed by atoms with Crippen LogP contribution in [-0.4, -0.2) is 16.0 Å². The van der Waals surface area contributed by atoms with E-state index in [4.69, 9.17) is 21.9 Å². The third kappa shape index (κ3) is 3.28. The Balaban J connectivity index is 1.53. The van der Waals surface area contributed by atoms with Crippen molar-refractivity contribution >= 4 is 40.2 Å². The second-order valence-corrected chi connectivity index (χ2v) is 8.36. The Labute approximate surface area is 154 Å². The molecule has 2 heterocycles. The number of amides is 1. The summed E-state index contributed by atoms with van der Waals surface area (Å²) in [6.07, 6.45) is 3.24. The van der Waals surface area contributed by atoms with E-state index in [-0.39, 0.29) is 17.2 Å². The molecule has 1 amide bonds. The van der Waals surface area contributed by atoms with E-state index < -0.39 is 0 Å². The molecular formula is C18H18ClN3O2S. The number of halogens is 1. The predicted octanol–water partition coefficient (Wildman–Crippen LogP) is 4.16. The highest BCUT2D eigenvalue weighted by Crippen LogP contribution is 2.54. The van der Waals surface area contributed by atoms with Gasteiger partial charge in [0.15, 0.2) is 0 Å². The van der Waals surface area contributed by atoms with Gasteiger partial charge in [0.1, 0.15) is 6.26 Å². The topological polar surface area (TPSA) is 84.9 Å². The first-order valence-corrected chi connectivity index (χ1v) is 9.43. The van der Waals surface area contributed by atoms with Gasteiger partial charge in [-0.05, 0) is 36.5 Å². The fourth-order valence-corrected chi connectivity index (χ4v) is 4.53. The Morgan fingerprint density at radius 1 is 1.52 bits per heavy atom. The number of aromatic nitrogens is 2. The van der Waals surface area contributed by atoms with E-state index in [1.807, 2.05) is 12.1 Å². The smallest absolute Gasteiger partial charge is 0.221 e. The zero-order valence-electron chi connectivity index (χ0n) is 13.7. The molecule has 0 bridgehead atoms. The third-order valence-electron chi connectivity index (χ3n) is 4.89. The standard InChI is InChI=1S/C18H18ClN3O2S/c1-18(8-13(18)17(20)23)7-12-4-10-5-14(19)16(6-15(10)21-12)25-9-11-2-3-24-22-11/h2-6,13,21H,7-9H2,1H3,(H2,20,23). The summed E-state index contributed by atoms with van der Waals surface area (Å²) < 4.78 is 4.85. The van der Waals surface area contributed by atoms with Gasteiger partial charge in [0.2, 0.25) is 5.91 Å². The largest absolute Gasteiger partial charge is 0.369 e. The third-order valence-corrected chi connectivity index (χ3v) is 6.40. The zero-order valence-corrected chi connectivity index (χ0v) is 15.3. The molecule has 7 heteroatoms. The number of primary amides is 1. The molecule has 3 aromatic rings. The quantitative estimate of drug-likeness (QED) is 0.633. The molecule has 3 N–H and O–H groups in total. The Morgan fingerprint density at radius 3 is 3.04 bits per heavy atom. The van der Waals surface area contributed by atoms with Crippen molar-refractivity contribution in [1.29, 1.82) is 0 Å². The van der Waals surface area contributed by atoms with Crippen LogP contribution in [0.25, 0.3) is 10.9 Å². The van der Waals surface area contributed by atoms with Crippen LogP contribution in [0.5, 0.6) is 0 Å². The highest BCUT2D eigenvalue weighted by Gasteiger charge is 2.53. The van der Waals surface area contributed by atoms with E-state index in [1.54, 1.807) is 18.0 Å². The second-order valence-electron chi connectivity index (χ2n) is 6.93. The number of nitrogens with one attached hydrogen (secondary N) is 1. The molecule has 1 fully saturated rings. The highest BCUT2D eigenvalue weighted by molar-refractivity contribution is 7.98. The molecule has 2 aromatic heterocycles.